The minimum absolute atomic E-state index is 0.119. The molecule has 7 heteroatoms. The highest BCUT2D eigenvalue weighted by Crippen LogP contribution is 2.20. The Hall–Kier alpha value is -1.79. The van der Waals surface area contributed by atoms with E-state index in [1.165, 1.54) is 0 Å². The van der Waals surface area contributed by atoms with Crippen LogP contribution in [0.3, 0.4) is 0 Å². The molecule has 0 aromatic heterocycles. The van der Waals surface area contributed by atoms with Gasteiger partial charge in [-0.15, -0.1) is 0 Å². The zero-order chi connectivity index (χ0) is 21.2. The lowest BCUT2D eigenvalue weighted by Gasteiger charge is -2.35. The summed E-state index contributed by atoms with van der Waals surface area (Å²) in [6.45, 7) is 6.36. The van der Waals surface area contributed by atoms with Gasteiger partial charge in [0.05, 0.1) is 6.10 Å². The molecule has 1 aliphatic rings. The van der Waals surface area contributed by atoms with E-state index in [-0.39, 0.29) is 12.0 Å². The van der Waals surface area contributed by atoms with Crippen LogP contribution in [0.5, 0.6) is 0 Å². The lowest BCUT2D eigenvalue weighted by atomic mass is 9.98. The van der Waals surface area contributed by atoms with E-state index in [2.05, 4.69) is 29.5 Å². The number of ether oxygens (including phenoxy) is 1. The number of nitrogens with one attached hydrogen (secondary N) is 2. The molecule has 1 aliphatic heterocycles. The van der Waals surface area contributed by atoms with Gasteiger partial charge in [0.1, 0.15) is 0 Å². The van der Waals surface area contributed by atoms with E-state index in [0.717, 1.165) is 50.3 Å². The first kappa shape index (κ1) is 23.5. The molecule has 1 heterocycles. The van der Waals surface area contributed by atoms with E-state index in [9.17, 15) is 4.79 Å². The van der Waals surface area contributed by atoms with Crippen LogP contribution in [0.4, 0.5) is 0 Å². The van der Waals surface area contributed by atoms with E-state index in [1.807, 2.05) is 29.2 Å². The van der Waals surface area contributed by atoms with Crippen LogP contribution >= 0.6 is 11.6 Å². The summed E-state index contributed by atoms with van der Waals surface area (Å²) in [7, 11) is 3.46. The van der Waals surface area contributed by atoms with Gasteiger partial charge in [0.15, 0.2) is 5.96 Å². The first-order valence-corrected chi connectivity index (χ1v) is 10.9. The zero-order valence-corrected chi connectivity index (χ0v) is 18.8. The summed E-state index contributed by atoms with van der Waals surface area (Å²) in [5.74, 6) is 1.21. The summed E-state index contributed by atoms with van der Waals surface area (Å²) >= 11 is 6.10. The highest BCUT2D eigenvalue weighted by atomic mass is 35.5. The number of amides is 1. The van der Waals surface area contributed by atoms with Crippen LogP contribution in [0.15, 0.2) is 29.3 Å². The van der Waals surface area contributed by atoms with Crippen molar-refractivity contribution in [3.05, 3.63) is 34.9 Å². The Balaban J connectivity index is 1.82. The molecule has 1 amide bonds. The van der Waals surface area contributed by atoms with Crippen molar-refractivity contribution < 1.29 is 9.53 Å². The van der Waals surface area contributed by atoms with Crippen molar-refractivity contribution in [2.24, 2.45) is 10.9 Å². The van der Waals surface area contributed by atoms with Gasteiger partial charge in [0.2, 0.25) is 5.91 Å². The number of hydrogen-bond donors (Lipinski definition) is 2. The lowest BCUT2D eigenvalue weighted by Crippen LogP contribution is -2.51. The second-order valence-corrected chi connectivity index (χ2v) is 7.93. The molecule has 0 aliphatic carbocycles. The first-order chi connectivity index (χ1) is 14.0. The van der Waals surface area contributed by atoms with Crippen LogP contribution < -0.4 is 10.6 Å². The fourth-order valence-corrected chi connectivity index (χ4v) is 3.96. The van der Waals surface area contributed by atoms with Gasteiger partial charge in [0.25, 0.3) is 0 Å². The molecule has 1 saturated heterocycles. The van der Waals surface area contributed by atoms with E-state index in [1.54, 1.807) is 14.2 Å². The lowest BCUT2D eigenvalue weighted by molar-refractivity contribution is -0.136. The minimum Gasteiger partial charge on any atom is -0.375 e. The minimum atomic E-state index is -0.119. The second kappa shape index (κ2) is 12.0. The molecule has 29 heavy (non-hydrogen) atoms. The van der Waals surface area contributed by atoms with Gasteiger partial charge in [-0.2, -0.15) is 0 Å². The van der Waals surface area contributed by atoms with Crippen molar-refractivity contribution in [1.82, 2.24) is 15.5 Å². The third-order valence-corrected chi connectivity index (χ3v) is 5.90. The maximum atomic E-state index is 12.6. The van der Waals surface area contributed by atoms with Gasteiger partial charge < -0.3 is 20.3 Å². The highest BCUT2D eigenvalue weighted by molar-refractivity contribution is 6.30. The molecule has 1 fully saturated rings. The smallest absolute Gasteiger partial charge is 0.225 e. The van der Waals surface area contributed by atoms with E-state index in [0.29, 0.717) is 23.5 Å². The zero-order valence-electron chi connectivity index (χ0n) is 18.1. The molecule has 1 unspecified atom stereocenters. The molecule has 1 aromatic rings. The molecule has 2 N–H and O–H groups in total. The van der Waals surface area contributed by atoms with Crippen molar-refractivity contribution >= 4 is 23.5 Å². The molecule has 2 rings (SSSR count). The Kier molecular flexibility index (Phi) is 9.74. The average Bonchev–Trinajstić information content (AvgIpc) is 2.74. The number of likely N-dealkylation sites (tertiary alicyclic amines) is 1. The van der Waals surface area contributed by atoms with Gasteiger partial charge in [0, 0.05) is 50.8 Å². The molecule has 6 nitrogen and oxygen atoms in total. The van der Waals surface area contributed by atoms with Crippen molar-refractivity contribution in [2.75, 3.05) is 33.8 Å². The summed E-state index contributed by atoms with van der Waals surface area (Å²) in [6, 6.07) is 8.00. The largest absolute Gasteiger partial charge is 0.375 e. The van der Waals surface area contributed by atoms with Gasteiger partial charge in [-0.05, 0) is 43.4 Å². The number of methoxy groups -OCH3 is 1. The Morgan fingerprint density at radius 3 is 2.55 bits per heavy atom. The summed E-state index contributed by atoms with van der Waals surface area (Å²) < 4.78 is 5.61. The number of hydrogen-bond acceptors (Lipinski definition) is 3. The third kappa shape index (κ3) is 6.89. The van der Waals surface area contributed by atoms with Crippen LogP contribution in [0.25, 0.3) is 0 Å². The van der Waals surface area contributed by atoms with Gasteiger partial charge in [-0.3, -0.25) is 9.79 Å². The first-order valence-electron chi connectivity index (χ1n) is 10.6. The summed E-state index contributed by atoms with van der Waals surface area (Å²) in [6.07, 6.45) is 3.56. The standard InChI is InChI=1S/C22H35ClN4O2/c1-5-16(6-2)21(28)27-12-10-19(11-13-27)26-22(24-3)25-15-20(29-4)17-8-7-9-18(23)14-17/h7-9,14,16,19-20H,5-6,10-13,15H2,1-4H3,(H2,24,25,26). The number of rotatable bonds is 8. The van der Waals surface area contributed by atoms with E-state index in [4.69, 9.17) is 16.3 Å². The average molecular weight is 423 g/mol. The van der Waals surface area contributed by atoms with Gasteiger partial charge in [-0.25, -0.2) is 0 Å². The van der Waals surface area contributed by atoms with Crippen LogP contribution in [0, 0.1) is 5.92 Å². The Morgan fingerprint density at radius 1 is 1.31 bits per heavy atom. The SMILES string of the molecule is CCC(CC)C(=O)N1CCC(NC(=NC)NCC(OC)c2cccc(Cl)c2)CC1. The predicted octanol–water partition coefficient (Wildman–Crippen LogP) is 3.62. The Morgan fingerprint density at radius 2 is 2.00 bits per heavy atom. The van der Waals surface area contributed by atoms with Crippen molar-refractivity contribution in [1.29, 1.82) is 0 Å². The molecule has 162 valence electrons. The number of halogens is 1. The molecule has 1 atom stereocenters. The number of aliphatic imine (C=N–C) groups is 1. The number of guanidine groups is 1. The molecule has 0 radical (unpaired) electrons. The van der Waals surface area contributed by atoms with E-state index < -0.39 is 0 Å². The quantitative estimate of drug-likeness (QED) is 0.496. The Bertz CT molecular complexity index is 671. The molecule has 0 bridgehead atoms. The fourth-order valence-electron chi connectivity index (χ4n) is 3.76. The maximum Gasteiger partial charge on any atom is 0.225 e. The van der Waals surface area contributed by atoms with Crippen LogP contribution in [0.1, 0.15) is 51.2 Å². The van der Waals surface area contributed by atoms with Crippen LogP contribution in [-0.4, -0.2) is 56.6 Å². The van der Waals surface area contributed by atoms with Gasteiger partial charge >= 0.3 is 0 Å². The molecule has 1 aromatic carbocycles. The van der Waals surface area contributed by atoms with Gasteiger partial charge in [-0.1, -0.05) is 37.6 Å². The van der Waals surface area contributed by atoms with Crippen molar-refractivity contribution in [3.63, 3.8) is 0 Å². The maximum absolute atomic E-state index is 12.6. The normalized spacial score (nSPS) is 16.8. The number of benzene rings is 1. The van der Waals surface area contributed by atoms with E-state index >= 15 is 0 Å². The van der Waals surface area contributed by atoms with Crippen LogP contribution in [-0.2, 0) is 9.53 Å². The summed E-state index contributed by atoms with van der Waals surface area (Å²) in [5, 5.41) is 7.53. The Labute approximate surface area is 180 Å². The van der Waals surface area contributed by atoms with Crippen molar-refractivity contribution in [2.45, 2.75) is 51.7 Å². The number of nitrogens with zero attached hydrogens (tertiary/aromatic N) is 2. The summed E-state index contributed by atoms with van der Waals surface area (Å²) in [4.78, 5) is 18.9. The molecule has 0 saturated carbocycles. The topological polar surface area (TPSA) is 66.0 Å². The second-order valence-electron chi connectivity index (χ2n) is 7.49. The molecule has 0 spiro atoms. The molecular weight excluding hydrogens is 388 g/mol. The number of piperidine rings is 1. The third-order valence-electron chi connectivity index (χ3n) is 5.67. The number of carbonyl (C=O) groups is 1. The summed E-state index contributed by atoms with van der Waals surface area (Å²) in [5.41, 5.74) is 1.02. The van der Waals surface area contributed by atoms with Crippen LogP contribution in [0.2, 0.25) is 5.02 Å². The predicted molar refractivity (Wildman–Crippen MR) is 119 cm³/mol. The number of carbonyl (C=O) groups excluding carboxylic acids is 1. The molecular formula is C22H35ClN4O2. The monoisotopic (exact) mass is 422 g/mol. The highest BCUT2D eigenvalue weighted by Gasteiger charge is 2.27. The van der Waals surface area contributed by atoms with Crippen molar-refractivity contribution in [3.8, 4) is 0 Å². The fraction of sp³-hybridized carbons (Fsp3) is 0.636.